The molecule has 0 heterocycles. The van der Waals surface area contributed by atoms with Crippen LogP contribution >= 0.6 is 0 Å². The van der Waals surface area contributed by atoms with E-state index in [0.717, 1.165) is 0 Å². The zero-order valence-corrected chi connectivity index (χ0v) is 14.6. The lowest BCUT2D eigenvalue weighted by molar-refractivity contribution is -0.0600. The molecule has 0 aromatic heterocycles. The van der Waals surface area contributed by atoms with E-state index in [0.29, 0.717) is 24.0 Å². The second-order valence-electron chi connectivity index (χ2n) is 6.44. The number of esters is 2. The molecule has 5 heteroatoms. The monoisotopic (exact) mass is 354 g/mol. The molecule has 26 heavy (non-hydrogen) atoms. The Morgan fingerprint density at radius 3 is 1.81 bits per heavy atom. The fourth-order valence-electron chi connectivity index (χ4n) is 3.31. The Morgan fingerprint density at radius 1 is 0.885 bits per heavy atom. The quantitative estimate of drug-likeness (QED) is 0.835. The van der Waals surface area contributed by atoms with Gasteiger partial charge in [-0.3, -0.25) is 0 Å². The lowest BCUT2D eigenvalue weighted by atomic mass is 10.0. The predicted octanol–water partition coefficient (Wildman–Crippen LogP) is 3.23. The zero-order chi connectivity index (χ0) is 18.5. The van der Waals surface area contributed by atoms with E-state index in [1.807, 2.05) is 13.0 Å². The van der Waals surface area contributed by atoms with E-state index < -0.39 is 30.3 Å². The minimum atomic E-state index is -0.875. The van der Waals surface area contributed by atoms with Gasteiger partial charge < -0.3 is 14.6 Å². The van der Waals surface area contributed by atoms with Gasteiger partial charge in [0.2, 0.25) is 0 Å². The van der Waals surface area contributed by atoms with Crippen LogP contribution in [-0.2, 0) is 9.47 Å². The van der Waals surface area contributed by atoms with E-state index in [1.165, 1.54) is 0 Å². The lowest BCUT2D eigenvalue weighted by Crippen LogP contribution is -2.39. The fourth-order valence-corrected chi connectivity index (χ4v) is 3.31. The van der Waals surface area contributed by atoms with Gasteiger partial charge in [0.1, 0.15) is 6.10 Å². The van der Waals surface area contributed by atoms with E-state index in [2.05, 4.69) is 0 Å². The Bertz CT molecular complexity index is 744. The van der Waals surface area contributed by atoms with Gasteiger partial charge in [0.25, 0.3) is 0 Å². The smallest absolute Gasteiger partial charge is 0.338 e. The van der Waals surface area contributed by atoms with Crippen LogP contribution in [0.1, 0.15) is 40.5 Å². The minimum absolute atomic E-state index is 0.0637. The molecule has 0 aliphatic heterocycles. The van der Waals surface area contributed by atoms with Crippen molar-refractivity contribution in [1.82, 2.24) is 0 Å². The first kappa shape index (κ1) is 18.1. The van der Waals surface area contributed by atoms with Crippen LogP contribution in [0, 0.1) is 5.92 Å². The van der Waals surface area contributed by atoms with Gasteiger partial charge in [-0.2, -0.15) is 0 Å². The molecular weight excluding hydrogens is 332 g/mol. The maximum absolute atomic E-state index is 12.4. The Labute approximate surface area is 152 Å². The zero-order valence-electron chi connectivity index (χ0n) is 14.6. The molecule has 0 amide bonds. The first-order chi connectivity index (χ1) is 12.6. The molecule has 5 nitrogen and oxygen atoms in total. The third-order valence-electron chi connectivity index (χ3n) is 4.74. The van der Waals surface area contributed by atoms with Crippen LogP contribution in [0.3, 0.4) is 0 Å². The number of aliphatic hydroxyl groups excluding tert-OH is 1. The molecule has 0 bridgehead atoms. The van der Waals surface area contributed by atoms with E-state index in [-0.39, 0.29) is 5.92 Å². The van der Waals surface area contributed by atoms with E-state index in [1.54, 1.807) is 54.6 Å². The number of carbonyl (C=O) groups is 2. The standard InChI is InChI=1S/C21H22O5/c1-2-14-13-17(22)19(26-21(24)16-11-7-4-8-12-16)18(14)25-20(23)15-9-5-3-6-10-15/h3-12,14,17-19,22H,2,13H2,1H3. The molecule has 4 atom stereocenters. The highest BCUT2D eigenvalue weighted by Crippen LogP contribution is 2.34. The van der Waals surface area contributed by atoms with Gasteiger partial charge >= 0.3 is 11.9 Å². The van der Waals surface area contributed by atoms with Gasteiger partial charge in [-0.25, -0.2) is 9.59 Å². The van der Waals surface area contributed by atoms with Crippen LogP contribution in [0.5, 0.6) is 0 Å². The molecule has 1 aliphatic carbocycles. The molecule has 1 saturated carbocycles. The first-order valence-electron chi connectivity index (χ1n) is 8.80. The highest BCUT2D eigenvalue weighted by Gasteiger charge is 2.47. The molecule has 2 aromatic carbocycles. The first-order valence-corrected chi connectivity index (χ1v) is 8.80. The molecule has 1 aliphatic rings. The summed E-state index contributed by atoms with van der Waals surface area (Å²) in [4.78, 5) is 24.8. The van der Waals surface area contributed by atoms with Crippen LogP contribution in [0.2, 0.25) is 0 Å². The Kier molecular flexibility index (Phi) is 5.68. The van der Waals surface area contributed by atoms with Crippen molar-refractivity contribution in [3.8, 4) is 0 Å². The van der Waals surface area contributed by atoms with Crippen LogP contribution in [0.25, 0.3) is 0 Å². The summed E-state index contributed by atoms with van der Waals surface area (Å²) in [6.45, 7) is 1.96. The van der Waals surface area contributed by atoms with Crippen LogP contribution in [0.15, 0.2) is 60.7 Å². The average Bonchev–Trinajstić information content (AvgIpc) is 2.98. The third-order valence-corrected chi connectivity index (χ3v) is 4.74. The molecule has 1 N–H and O–H groups in total. The molecule has 2 aromatic rings. The highest BCUT2D eigenvalue weighted by molar-refractivity contribution is 5.90. The maximum Gasteiger partial charge on any atom is 0.338 e. The van der Waals surface area contributed by atoms with Gasteiger partial charge in [0.05, 0.1) is 17.2 Å². The van der Waals surface area contributed by atoms with Crippen LogP contribution in [-0.4, -0.2) is 35.4 Å². The molecule has 4 unspecified atom stereocenters. The van der Waals surface area contributed by atoms with Crippen molar-refractivity contribution in [3.63, 3.8) is 0 Å². The SMILES string of the molecule is CCC1CC(O)C(OC(=O)c2ccccc2)C1OC(=O)c1ccccc1. The molecule has 136 valence electrons. The second-order valence-corrected chi connectivity index (χ2v) is 6.44. The van der Waals surface area contributed by atoms with Gasteiger partial charge in [0, 0.05) is 5.92 Å². The van der Waals surface area contributed by atoms with E-state index in [9.17, 15) is 14.7 Å². The summed E-state index contributed by atoms with van der Waals surface area (Å²) >= 11 is 0. The van der Waals surface area contributed by atoms with Crippen LogP contribution < -0.4 is 0 Å². The molecular formula is C21H22O5. The summed E-state index contributed by atoms with van der Waals surface area (Å²) in [6, 6.07) is 17.2. The average molecular weight is 354 g/mol. The minimum Gasteiger partial charge on any atom is -0.454 e. The number of carbonyl (C=O) groups excluding carboxylic acids is 2. The predicted molar refractivity (Wildman–Crippen MR) is 95.7 cm³/mol. The molecule has 0 spiro atoms. The summed E-state index contributed by atoms with van der Waals surface area (Å²) in [5.41, 5.74) is 0.824. The van der Waals surface area contributed by atoms with Crippen molar-refractivity contribution >= 4 is 11.9 Å². The summed E-state index contributed by atoms with van der Waals surface area (Å²) in [5.74, 6) is -1.08. The van der Waals surface area contributed by atoms with Crippen LogP contribution in [0.4, 0.5) is 0 Å². The maximum atomic E-state index is 12.4. The number of benzene rings is 2. The molecule has 0 radical (unpaired) electrons. The van der Waals surface area contributed by atoms with Gasteiger partial charge in [-0.15, -0.1) is 0 Å². The van der Waals surface area contributed by atoms with Crippen molar-refractivity contribution in [2.24, 2.45) is 5.92 Å². The Hall–Kier alpha value is -2.66. The van der Waals surface area contributed by atoms with Crippen molar-refractivity contribution in [1.29, 1.82) is 0 Å². The largest absolute Gasteiger partial charge is 0.454 e. The number of aliphatic hydroxyl groups is 1. The van der Waals surface area contributed by atoms with Gasteiger partial charge in [-0.1, -0.05) is 43.3 Å². The topological polar surface area (TPSA) is 72.8 Å². The van der Waals surface area contributed by atoms with Crippen molar-refractivity contribution in [3.05, 3.63) is 71.8 Å². The molecule has 1 fully saturated rings. The lowest BCUT2D eigenvalue weighted by Gasteiger charge is -2.25. The van der Waals surface area contributed by atoms with Gasteiger partial charge in [-0.05, 0) is 37.1 Å². The normalized spacial score (nSPS) is 24.8. The van der Waals surface area contributed by atoms with Crippen molar-refractivity contribution in [2.75, 3.05) is 0 Å². The van der Waals surface area contributed by atoms with Crippen molar-refractivity contribution in [2.45, 2.75) is 38.1 Å². The van der Waals surface area contributed by atoms with Gasteiger partial charge in [0.15, 0.2) is 6.10 Å². The third kappa shape index (κ3) is 3.94. The highest BCUT2D eigenvalue weighted by atomic mass is 16.6. The van der Waals surface area contributed by atoms with E-state index >= 15 is 0 Å². The summed E-state index contributed by atoms with van der Waals surface area (Å²) < 4.78 is 11.2. The second kappa shape index (κ2) is 8.15. The number of hydrogen-bond acceptors (Lipinski definition) is 5. The summed E-state index contributed by atoms with van der Waals surface area (Å²) in [7, 11) is 0. The summed E-state index contributed by atoms with van der Waals surface area (Å²) in [5, 5.41) is 10.4. The summed E-state index contributed by atoms with van der Waals surface area (Å²) in [6.07, 6.45) is -1.27. The Morgan fingerprint density at radius 2 is 1.35 bits per heavy atom. The number of hydrogen-bond donors (Lipinski definition) is 1. The number of rotatable bonds is 5. The number of ether oxygens (including phenoxy) is 2. The fraction of sp³-hybridized carbons (Fsp3) is 0.333. The van der Waals surface area contributed by atoms with Crippen molar-refractivity contribution < 1.29 is 24.2 Å². The van der Waals surface area contributed by atoms with E-state index in [4.69, 9.17) is 9.47 Å². The molecule has 3 rings (SSSR count). The Balaban J connectivity index is 1.76. The molecule has 0 saturated heterocycles.